The van der Waals surface area contributed by atoms with E-state index in [2.05, 4.69) is 5.32 Å². The van der Waals surface area contributed by atoms with Crippen LogP contribution in [0.2, 0.25) is 0 Å². The molecular weight excluding hydrogens is 433 g/mol. The van der Waals surface area contributed by atoms with Crippen LogP contribution in [0.5, 0.6) is 0 Å². The molecule has 1 aliphatic rings. The highest BCUT2D eigenvalue weighted by Gasteiger charge is 2.35. The molecule has 3 rings (SSSR count). The number of aryl methyl sites for hydroxylation is 1. The molecule has 0 aromatic heterocycles. The first-order valence-corrected chi connectivity index (χ1v) is 12.1. The number of likely N-dealkylation sites (N-methyl/N-ethyl adjacent to an activating group) is 1. The molecule has 0 aliphatic carbocycles. The van der Waals surface area contributed by atoms with Gasteiger partial charge in [-0.05, 0) is 68.9 Å². The molecule has 1 aliphatic heterocycles. The Balaban J connectivity index is 1.63. The zero-order chi connectivity index (χ0) is 24.5. The summed E-state index contributed by atoms with van der Waals surface area (Å²) in [6.07, 6.45) is 2.44. The number of piperidine rings is 1. The largest absolute Gasteiger partial charge is 0.343 e. The Morgan fingerprint density at radius 1 is 1.00 bits per heavy atom. The molecule has 34 heavy (non-hydrogen) atoms. The maximum absolute atomic E-state index is 13.3. The highest BCUT2D eigenvalue weighted by molar-refractivity contribution is 5.97. The van der Waals surface area contributed by atoms with Crippen LogP contribution < -0.4 is 5.32 Å². The predicted molar refractivity (Wildman–Crippen MR) is 130 cm³/mol. The molecule has 6 nitrogen and oxygen atoms in total. The maximum atomic E-state index is 13.3. The molecule has 0 spiro atoms. The second kappa shape index (κ2) is 12.3. The van der Waals surface area contributed by atoms with Crippen molar-refractivity contribution in [3.05, 3.63) is 71.5 Å². The number of hydrogen-bond donors (Lipinski definition) is 1. The summed E-state index contributed by atoms with van der Waals surface area (Å²) < 4.78 is 13.3. The Hall–Kier alpha value is -3.22. The Kier molecular flexibility index (Phi) is 9.19. The standard InChI is InChI=1S/C27H34FN3O3/c1-3-30(4-2)27(34)25(29-26(33)22-11-13-23(28)14-12-22)21-16-18-31(19-17-21)24(32)15-10-20-8-6-5-7-9-20/h5-9,11-14,21,25H,3-4,10,15-19H2,1-2H3,(H,29,33)/t25-/m0/s1. The van der Waals surface area contributed by atoms with Crippen molar-refractivity contribution in [3.8, 4) is 0 Å². The summed E-state index contributed by atoms with van der Waals surface area (Å²) in [7, 11) is 0. The zero-order valence-electron chi connectivity index (χ0n) is 20.0. The first kappa shape index (κ1) is 25.4. The highest BCUT2D eigenvalue weighted by Crippen LogP contribution is 2.23. The van der Waals surface area contributed by atoms with Gasteiger partial charge in [0.25, 0.3) is 5.91 Å². The van der Waals surface area contributed by atoms with Crippen molar-refractivity contribution < 1.29 is 18.8 Å². The van der Waals surface area contributed by atoms with Gasteiger partial charge in [-0.15, -0.1) is 0 Å². The van der Waals surface area contributed by atoms with Crippen molar-refractivity contribution in [1.29, 1.82) is 0 Å². The van der Waals surface area contributed by atoms with E-state index < -0.39 is 17.8 Å². The minimum absolute atomic E-state index is 0.0735. The normalized spacial score (nSPS) is 15.0. The fourth-order valence-corrected chi connectivity index (χ4v) is 4.48. The third-order valence-electron chi connectivity index (χ3n) is 6.57. The van der Waals surface area contributed by atoms with Gasteiger partial charge < -0.3 is 15.1 Å². The molecule has 0 bridgehead atoms. The number of hydrogen-bond acceptors (Lipinski definition) is 3. The summed E-state index contributed by atoms with van der Waals surface area (Å²) in [6, 6.07) is 14.6. The molecule has 182 valence electrons. The molecule has 3 amide bonds. The van der Waals surface area contributed by atoms with Gasteiger partial charge in [0.1, 0.15) is 11.9 Å². The van der Waals surface area contributed by atoms with E-state index in [0.29, 0.717) is 57.4 Å². The van der Waals surface area contributed by atoms with Crippen LogP contribution in [0.4, 0.5) is 4.39 Å². The van der Waals surface area contributed by atoms with Crippen molar-refractivity contribution in [3.63, 3.8) is 0 Å². The van der Waals surface area contributed by atoms with Crippen LogP contribution in [0, 0.1) is 11.7 Å². The Morgan fingerprint density at radius 3 is 2.21 bits per heavy atom. The van der Waals surface area contributed by atoms with E-state index in [1.807, 2.05) is 49.1 Å². The zero-order valence-corrected chi connectivity index (χ0v) is 20.0. The lowest BCUT2D eigenvalue weighted by Crippen LogP contribution is -2.54. The van der Waals surface area contributed by atoms with Crippen molar-refractivity contribution in [1.82, 2.24) is 15.1 Å². The molecule has 1 heterocycles. The van der Waals surface area contributed by atoms with Gasteiger partial charge in [-0.25, -0.2) is 4.39 Å². The van der Waals surface area contributed by atoms with Gasteiger partial charge in [0.05, 0.1) is 0 Å². The van der Waals surface area contributed by atoms with Crippen LogP contribution >= 0.6 is 0 Å². The van der Waals surface area contributed by atoms with Crippen LogP contribution in [0.15, 0.2) is 54.6 Å². The SMILES string of the molecule is CCN(CC)C(=O)[C@@H](NC(=O)c1ccc(F)cc1)C1CCN(C(=O)CCc2ccccc2)CC1. The molecular formula is C27H34FN3O3. The highest BCUT2D eigenvalue weighted by atomic mass is 19.1. The summed E-state index contributed by atoms with van der Waals surface area (Å²) in [4.78, 5) is 42.4. The van der Waals surface area contributed by atoms with E-state index in [4.69, 9.17) is 0 Å². The number of nitrogens with zero attached hydrogens (tertiary/aromatic N) is 2. The quantitative estimate of drug-likeness (QED) is 0.612. The van der Waals surface area contributed by atoms with Gasteiger partial charge in [-0.1, -0.05) is 30.3 Å². The molecule has 7 heteroatoms. The molecule has 0 unspecified atom stereocenters. The minimum Gasteiger partial charge on any atom is -0.343 e. The molecule has 2 aromatic rings. The van der Waals surface area contributed by atoms with Gasteiger partial charge in [0.15, 0.2) is 0 Å². The first-order chi connectivity index (χ1) is 16.4. The molecule has 2 aromatic carbocycles. The summed E-state index contributed by atoms with van der Waals surface area (Å²) in [6.45, 7) is 6.05. The average Bonchev–Trinajstić information content (AvgIpc) is 2.87. The van der Waals surface area contributed by atoms with Crippen LogP contribution in [-0.2, 0) is 16.0 Å². The van der Waals surface area contributed by atoms with Crippen LogP contribution in [-0.4, -0.2) is 59.7 Å². The molecule has 1 saturated heterocycles. The number of benzene rings is 2. The van der Waals surface area contributed by atoms with E-state index in [-0.39, 0.29) is 17.7 Å². The predicted octanol–water partition coefficient (Wildman–Crippen LogP) is 3.66. The number of carbonyl (C=O) groups is 3. The van der Waals surface area contributed by atoms with Crippen molar-refractivity contribution in [2.24, 2.45) is 5.92 Å². The lowest BCUT2D eigenvalue weighted by Gasteiger charge is -2.37. The topological polar surface area (TPSA) is 69.7 Å². The number of rotatable bonds is 9. The maximum Gasteiger partial charge on any atom is 0.251 e. The van der Waals surface area contributed by atoms with Crippen molar-refractivity contribution in [2.75, 3.05) is 26.2 Å². The Bertz CT molecular complexity index is 953. The van der Waals surface area contributed by atoms with E-state index >= 15 is 0 Å². The lowest BCUT2D eigenvalue weighted by atomic mass is 9.88. The molecule has 1 atom stereocenters. The number of halogens is 1. The first-order valence-electron chi connectivity index (χ1n) is 12.1. The number of carbonyl (C=O) groups excluding carboxylic acids is 3. The second-order valence-electron chi connectivity index (χ2n) is 8.67. The number of amides is 3. The number of nitrogens with one attached hydrogen (secondary N) is 1. The lowest BCUT2D eigenvalue weighted by molar-refractivity contribution is -0.136. The molecule has 1 fully saturated rings. The van der Waals surface area contributed by atoms with Gasteiger partial charge in [0.2, 0.25) is 11.8 Å². The van der Waals surface area contributed by atoms with Crippen molar-refractivity contribution in [2.45, 2.75) is 45.6 Å². The fraction of sp³-hybridized carbons (Fsp3) is 0.444. The van der Waals surface area contributed by atoms with Gasteiger partial charge in [-0.2, -0.15) is 0 Å². The third-order valence-corrected chi connectivity index (χ3v) is 6.57. The third kappa shape index (κ3) is 6.65. The molecule has 0 radical (unpaired) electrons. The van der Waals surface area contributed by atoms with E-state index in [1.165, 1.54) is 24.3 Å². The van der Waals surface area contributed by atoms with Crippen LogP contribution in [0.25, 0.3) is 0 Å². The average molecular weight is 468 g/mol. The Morgan fingerprint density at radius 2 is 1.62 bits per heavy atom. The van der Waals surface area contributed by atoms with E-state index in [1.54, 1.807) is 4.90 Å². The van der Waals surface area contributed by atoms with Crippen LogP contribution in [0.3, 0.4) is 0 Å². The summed E-state index contributed by atoms with van der Waals surface area (Å²) >= 11 is 0. The van der Waals surface area contributed by atoms with Crippen molar-refractivity contribution >= 4 is 17.7 Å². The summed E-state index contributed by atoms with van der Waals surface area (Å²) in [5.41, 5.74) is 1.45. The fourth-order valence-electron chi connectivity index (χ4n) is 4.48. The smallest absolute Gasteiger partial charge is 0.251 e. The van der Waals surface area contributed by atoms with Gasteiger partial charge in [-0.3, -0.25) is 14.4 Å². The summed E-state index contributed by atoms with van der Waals surface area (Å²) in [5, 5.41) is 2.91. The molecule has 1 N–H and O–H groups in total. The second-order valence-corrected chi connectivity index (χ2v) is 8.67. The molecule has 0 saturated carbocycles. The van der Waals surface area contributed by atoms with Gasteiger partial charge in [0, 0.05) is 38.2 Å². The van der Waals surface area contributed by atoms with E-state index in [0.717, 1.165) is 5.56 Å². The van der Waals surface area contributed by atoms with Gasteiger partial charge >= 0.3 is 0 Å². The number of likely N-dealkylation sites (tertiary alicyclic amines) is 1. The Labute approximate surface area is 201 Å². The van der Waals surface area contributed by atoms with E-state index in [9.17, 15) is 18.8 Å². The van der Waals surface area contributed by atoms with Crippen LogP contribution in [0.1, 0.15) is 49.0 Å². The minimum atomic E-state index is -0.681. The summed E-state index contributed by atoms with van der Waals surface area (Å²) in [5.74, 6) is -0.891. The monoisotopic (exact) mass is 467 g/mol.